The molecule has 0 amide bonds. The molecule has 3 rings (SSSR count). The van der Waals surface area contributed by atoms with Crippen LogP contribution in [0.15, 0.2) is 52.5 Å². The van der Waals surface area contributed by atoms with Crippen LogP contribution in [-0.4, -0.2) is 15.0 Å². The van der Waals surface area contributed by atoms with Gasteiger partial charge in [0.1, 0.15) is 0 Å². The van der Waals surface area contributed by atoms with Crippen molar-refractivity contribution >= 4 is 35.0 Å². The molecule has 0 aliphatic carbocycles. The van der Waals surface area contributed by atoms with Crippen molar-refractivity contribution < 1.29 is 0 Å². The summed E-state index contributed by atoms with van der Waals surface area (Å²) in [5.41, 5.74) is 4.58. The number of aryl methyl sites for hydroxylation is 3. The predicted octanol–water partition coefficient (Wildman–Crippen LogP) is 5.35. The van der Waals surface area contributed by atoms with Crippen LogP contribution in [0.1, 0.15) is 16.7 Å². The van der Waals surface area contributed by atoms with Crippen molar-refractivity contribution in [2.24, 2.45) is 0 Å². The van der Waals surface area contributed by atoms with E-state index in [1.54, 1.807) is 0 Å². The van der Waals surface area contributed by atoms with Gasteiger partial charge in [-0.05, 0) is 79.5 Å². The van der Waals surface area contributed by atoms with E-state index in [9.17, 15) is 0 Å². The fourth-order valence-electron chi connectivity index (χ4n) is 2.09. The van der Waals surface area contributed by atoms with Crippen LogP contribution in [-0.2, 0) is 0 Å². The molecule has 6 heteroatoms. The third kappa shape index (κ3) is 4.24. The topological polar surface area (TPSA) is 50.7 Å². The molecular formula is C18H17ClN4S. The molecule has 2 aromatic carbocycles. The molecule has 1 aromatic heterocycles. The number of anilines is 2. The molecule has 0 aliphatic rings. The van der Waals surface area contributed by atoms with Crippen LogP contribution in [0, 0.1) is 20.8 Å². The summed E-state index contributed by atoms with van der Waals surface area (Å²) in [5, 5.41) is 3.92. The van der Waals surface area contributed by atoms with Gasteiger partial charge < -0.3 is 5.32 Å². The van der Waals surface area contributed by atoms with Crippen LogP contribution in [0.2, 0.25) is 5.28 Å². The molecule has 0 saturated carbocycles. The van der Waals surface area contributed by atoms with Gasteiger partial charge >= 0.3 is 0 Å². The van der Waals surface area contributed by atoms with Crippen LogP contribution in [0.3, 0.4) is 0 Å². The molecule has 0 bridgehead atoms. The Morgan fingerprint density at radius 2 is 1.62 bits per heavy atom. The fourth-order valence-corrected chi connectivity index (χ4v) is 3.05. The van der Waals surface area contributed by atoms with Crippen LogP contribution in [0.5, 0.6) is 0 Å². The molecule has 3 aromatic rings. The van der Waals surface area contributed by atoms with Crippen molar-refractivity contribution in [3.8, 4) is 0 Å². The zero-order chi connectivity index (χ0) is 17.1. The number of aromatic nitrogens is 3. The Kier molecular flexibility index (Phi) is 5.02. The molecule has 0 unspecified atom stereocenters. The first-order valence-corrected chi connectivity index (χ1v) is 8.69. The summed E-state index contributed by atoms with van der Waals surface area (Å²) in [6.07, 6.45) is 0. The van der Waals surface area contributed by atoms with E-state index in [1.165, 1.54) is 28.5 Å². The smallest absolute Gasteiger partial charge is 0.232 e. The average Bonchev–Trinajstić information content (AvgIpc) is 2.53. The summed E-state index contributed by atoms with van der Waals surface area (Å²) in [6.45, 7) is 6.20. The summed E-state index contributed by atoms with van der Waals surface area (Å²) in [5.74, 6) is 0.438. The van der Waals surface area contributed by atoms with Crippen LogP contribution < -0.4 is 5.32 Å². The number of rotatable bonds is 4. The lowest BCUT2D eigenvalue weighted by molar-refractivity contribution is 0.912. The number of hydrogen-bond acceptors (Lipinski definition) is 5. The average molecular weight is 357 g/mol. The van der Waals surface area contributed by atoms with Gasteiger partial charge in [0, 0.05) is 10.6 Å². The molecule has 1 N–H and O–H groups in total. The number of nitrogens with zero attached hydrogens (tertiary/aromatic N) is 3. The summed E-state index contributed by atoms with van der Waals surface area (Å²) in [4.78, 5) is 13.8. The monoisotopic (exact) mass is 356 g/mol. The molecule has 1 heterocycles. The van der Waals surface area contributed by atoms with E-state index < -0.39 is 0 Å². The second-order valence-electron chi connectivity index (χ2n) is 5.55. The lowest BCUT2D eigenvalue weighted by atomic mass is 10.1. The number of nitrogens with one attached hydrogen (secondary N) is 1. The molecule has 0 atom stereocenters. The third-order valence-corrected chi connectivity index (χ3v) is 4.62. The molecule has 0 spiro atoms. The van der Waals surface area contributed by atoms with Gasteiger partial charge in [-0.3, -0.25) is 0 Å². The van der Waals surface area contributed by atoms with E-state index in [-0.39, 0.29) is 5.28 Å². The normalized spacial score (nSPS) is 10.7. The van der Waals surface area contributed by atoms with Crippen LogP contribution >= 0.6 is 23.4 Å². The minimum atomic E-state index is 0.172. The lowest BCUT2D eigenvalue weighted by Crippen LogP contribution is -2.01. The van der Waals surface area contributed by atoms with Crippen molar-refractivity contribution in [3.05, 3.63) is 64.4 Å². The Morgan fingerprint density at radius 3 is 2.33 bits per heavy atom. The maximum absolute atomic E-state index is 6.05. The maximum atomic E-state index is 6.05. The molecule has 0 fully saturated rings. The predicted molar refractivity (Wildman–Crippen MR) is 99.3 cm³/mol. The third-order valence-electron chi connectivity index (χ3n) is 3.58. The zero-order valence-electron chi connectivity index (χ0n) is 13.7. The van der Waals surface area contributed by atoms with Gasteiger partial charge in [-0.25, -0.2) is 0 Å². The van der Waals surface area contributed by atoms with E-state index in [0.29, 0.717) is 11.1 Å². The van der Waals surface area contributed by atoms with Gasteiger partial charge in [-0.1, -0.05) is 23.8 Å². The number of hydrogen-bond donors (Lipinski definition) is 1. The molecule has 0 radical (unpaired) electrons. The first-order chi connectivity index (χ1) is 11.5. The summed E-state index contributed by atoms with van der Waals surface area (Å²) >= 11 is 7.50. The molecular weight excluding hydrogens is 340 g/mol. The van der Waals surface area contributed by atoms with Gasteiger partial charge in [0.2, 0.25) is 11.2 Å². The van der Waals surface area contributed by atoms with Gasteiger partial charge in [-0.15, -0.1) is 0 Å². The van der Waals surface area contributed by atoms with Crippen LogP contribution in [0.25, 0.3) is 0 Å². The molecule has 24 heavy (non-hydrogen) atoms. The van der Waals surface area contributed by atoms with E-state index in [4.69, 9.17) is 11.6 Å². The first kappa shape index (κ1) is 16.7. The molecule has 122 valence electrons. The Hall–Kier alpha value is -2.11. The van der Waals surface area contributed by atoms with Gasteiger partial charge in [0.05, 0.1) is 0 Å². The number of halogens is 1. The van der Waals surface area contributed by atoms with E-state index in [0.717, 1.165) is 10.6 Å². The van der Waals surface area contributed by atoms with E-state index >= 15 is 0 Å². The lowest BCUT2D eigenvalue weighted by Gasteiger charge is -2.08. The van der Waals surface area contributed by atoms with Crippen molar-refractivity contribution in [3.63, 3.8) is 0 Å². The largest absolute Gasteiger partial charge is 0.324 e. The maximum Gasteiger partial charge on any atom is 0.232 e. The molecule has 4 nitrogen and oxygen atoms in total. The quantitative estimate of drug-likeness (QED) is 0.683. The minimum absolute atomic E-state index is 0.172. The fraction of sp³-hybridized carbons (Fsp3) is 0.167. The van der Waals surface area contributed by atoms with Gasteiger partial charge in [0.15, 0.2) is 5.16 Å². The summed E-state index contributed by atoms with van der Waals surface area (Å²) < 4.78 is 0. The van der Waals surface area contributed by atoms with Crippen LogP contribution in [0.4, 0.5) is 11.6 Å². The second kappa shape index (κ2) is 7.20. The van der Waals surface area contributed by atoms with E-state index in [1.807, 2.05) is 18.2 Å². The van der Waals surface area contributed by atoms with Crippen molar-refractivity contribution in [2.75, 3.05) is 5.32 Å². The van der Waals surface area contributed by atoms with Crippen molar-refractivity contribution in [1.82, 2.24) is 15.0 Å². The molecule has 0 aliphatic heterocycles. The van der Waals surface area contributed by atoms with E-state index in [2.05, 4.69) is 65.3 Å². The highest BCUT2D eigenvalue weighted by atomic mass is 35.5. The highest BCUT2D eigenvalue weighted by molar-refractivity contribution is 7.99. The Labute approximate surface area is 150 Å². The SMILES string of the molecule is Cc1ccc(Sc2nc(Cl)nc(Nc3ccc(C)c(C)c3)n2)cc1. The zero-order valence-corrected chi connectivity index (χ0v) is 15.2. The van der Waals surface area contributed by atoms with Crippen molar-refractivity contribution in [1.29, 1.82) is 0 Å². The summed E-state index contributed by atoms with van der Waals surface area (Å²) in [6, 6.07) is 14.3. The Bertz CT molecular complexity index is 865. The summed E-state index contributed by atoms with van der Waals surface area (Å²) in [7, 11) is 0. The first-order valence-electron chi connectivity index (χ1n) is 7.50. The Morgan fingerprint density at radius 1 is 0.875 bits per heavy atom. The van der Waals surface area contributed by atoms with Gasteiger partial charge in [0.25, 0.3) is 0 Å². The molecule has 0 saturated heterocycles. The number of benzene rings is 2. The highest BCUT2D eigenvalue weighted by Crippen LogP contribution is 2.27. The Balaban J connectivity index is 1.82. The standard InChI is InChI=1S/C18H17ClN4S/c1-11-4-8-15(9-5-11)24-18-22-16(19)21-17(23-18)20-14-7-6-12(2)13(3)10-14/h4-10H,1-3H3,(H,20,21,22,23). The highest BCUT2D eigenvalue weighted by Gasteiger charge is 2.08. The van der Waals surface area contributed by atoms with Crippen molar-refractivity contribution in [2.45, 2.75) is 30.8 Å². The second-order valence-corrected chi connectivity index (χ2v) is 6.93. The van der Waals surface area contributed by atoms with Gasteiger partial charge in [-0.2, -0.15) is 15.0 Å². The minimum Gasteiger partial charge on any atom is -0.324 e.